The highest BCUT2D eigenvalue weighted by molar-refractivity contribution is 5.78. The largest absolute Gasteiger partial charge is 0.465 e. The lowest BCUT2D eigenvalue weighted by atomic mass is 9.94. The number of rotatable bonds is 4. The van der Waals surface area contributed by atoms with E-state index in [1.54, 1.807) is 6.92 Å². The van der Waals surface area contributed by atoms with Crippen LogP contribution >= 0.6 is 0 Å². The van der Waals surface area contributed by atoms with Crippen LogP contribution in [0.4, 0.5) is 0 Å². The Kier molecular flexibility index (Phi) is 3.46. The number of carbonyl (C=O) groups excluding carboxylic acids is 2. The molecule has 2 unspecified atom stereocenters. The van der Waals surface area contributed by atoms with Crippen LogP contribution in [0.5, 0.6) is 0 Å². The van der Waals surface area contributed by atoms with E-state index in [1.807, 2.05) is 6.92 Å². The van der Waals surface area contributed by atoms with Crippen LogP contribution in [-0.2, 0) is 14.3 Å². The number of esters is 1. The van der Waals surface area contributed by atoms with E-state index in [0.29, 0.717) is 6.61 Å². The van der Waals surface area contributed by atoms with Gasteiger partial charge in [-0.3, -0.25) is 9.59 Å². The molecule has 0 amide bonds. The van der Waals surface area contributed by atoms with Crippen molar-refractivity contribution in [2.75, 3.05) is 6.61 Å². The van der Waals surface area contributed by atoms with Crippen molar-refractivity contribution < 1.29 is 14.3 Å². The maximum Gasteiger partial charge on any atom is 0.309 e. The second-order valence-corrected chi connectivity index (χ2v) is 3.74. The van der Waals surface area contributed by atoms with Gasteiger partial charge < -0.3 is 4.74 Å². The lowest BCUT2D eigenvalue weighted by Gasteiger charge is -2.09. The molecule has 0 aromatic heterocycles. The van der Waals surface area contributed by atoms with Gasteiger partial charge in [0.05, 0.1) is 12.5 Å². The molecule has 3 nitrogen and oxygen atoms in total. The molecule has 0 aromatic carbocycles. The van der Waals surface area contributed by atoms with Gasteiger partial charge in [0.1, 0.15) is 5.78 Å². The van der Waals surface area contributed by atoms with Crippen LogP contribution in [0.2, 0.25) is 0 Å². The molecule has 1 rings (SSSR count). The van der Waals surface area contributed by atoms with E-state index in [2.05, 4.69) is 0 Å². The average Bonchev–Trinajstić information content (AvgIpc) is 2.47. The fraction of sp³-hybridized carbons (Fsp3) is 0.800. The van der Waals surface area contributed by atoms with Gasteiger partial charge in [-0.25, -0.2) is 0 Å². The first kappa shape index (κ1) is 10.2. The maximum absolute atomic E-state index is 11.0. The summed E-state index contributed by atoms with van der Waals surface area (Å²) < 4.78 is 4.83. The van der Waals surface area contributed by atoms with Gasteiger partial charge in [0.2, 0.25) is 0 Å². The minimum Gasteiger partial charge on any atom is -0.465 e. The highest BCUT2D eigenvalue weighted by atomic mass is 16.5. The smallest absolute Gasteiger partial charge is 0.309 e. The van der Waals surface area contributed by atoms with Gasteiger partial charge in [0.25, 0.3) is 0 Å². The number of hydrogen-bond donors (Lipinski definition) is 0. The van der Waals surface area contributed by atoms with Gasteiger partial charge >= 0.3 is 5.97 Å². The molecule has 0 N–H and O–H groups in total. The average molecular weight is 184 g/mol. The van der Waals surface area contributed by atoms with Crippen LogP contribution in [-0.4, -0.2) is 18.4 Å². The number of hydrogen-bond acceptors (Lipinski definition) is 3. The summed E-state index contributed by atoms with van der Waals surface area (Å²) in [7, 11) is 0. The van der Waals surface area contributed by atoms with Crippen LogP contribution in [0.15, 0.2) is 0 Å². The van der Waals surface area contributed by atoms with E-state index in [9.17, 15) is 9.59 Å². The third-order valence-electron chi connectivity index (χ3n) is 2.69. The van der Waals surface area contributed by atoms with Gasteiger partial charge in [0.15, 0.2) is 0 Å². The molecule has 0 saturated carbocycles. The third kappa shape index (κ3) is 2.83. The topological polar surface area (TPSA) is 43.4 Å². The molecule has 0 aromatic rings. The maximum atomic E-state index is 11.0. The number of Topliss-reactive ketones (excluding diaryl/α,β-unsaturated/α-hetero) is 1. The van der Waals surface area contributed by atoms with Crippen molar-refractivity contribution in [1.82, 2.24) is 0 Å². The van der Waals surface area contributed by atoms with Crippen molar-refractivity contribution in [2.24, 2.45) is 11.8 Å². The van der Waals surface area contributed by atoms with Gasteiger partial charge in [0, 0.05) is 5.92 Å². The summed E-state index contributed by atoms with van der Waals surface area (Å²) in [4.78, 5) is 22.0. The Bertz CT molecular complexity index is 210. The number of ketones is 1. The lowest BCUT2D eigenvalue weighted by molar-refractivity contribution is -0.141. The molecular weight excluding hydrogens is 168 g/mol. The van der Waals surface area contributed by atoms with Crippen LogP contribution < -0.4 is 0 Å². The Morgan fingerprint density at radius 1 is 1.69 bits per heavy atom. The zero-order valence-electron chi connectivity index (χ0n) is 8.21. The molecule has 0 bridgehead atoms. The normalized spacial score (nSPS) is 24.2. The summed E-state index contributed by atoms with van der Waals surface area (Å²) in [6.45, 7) is 4.05. The molecule has 1 aliphatic heterocycles. The quantitative estimate of drug-likeness (QED) is 0.623. The summed E-state index contributed by atoms with van der Waals surface area (Å²) in [5.41, 5.74) is 0. The fourth-order valence-corrected chi connectivity index (χ4v) is 1.45. The molecule has 3 heteroatoms. The Morgan fingerprint density at radius 3 is 2.85 bits per heavy atom. The van der Waals surface area contributed by atoms with Gasteiger partial charge in [-0.15, -0.1) is 0 Å². The minimum atomic E-state index is -0.0873. The second kappa shape index (κ2) is 4.40. The van der Waals surface area contributed by atoms with Gasteiger partial charge in [-0.1, -0.05) is 6.92 Å². The van der Waals surface area contributed by atoms with E-state index in [0.717, 1.165) is 19.3 Å². The fourth-order valence-electron chi connectivity index (χ4n) is 1.45. The van der Waals surface area contributed by atoms with Crippen LogP contribution in [0.1, 0.15) is 33.1 Å². The highest BCUT2D eigenvalue weighted by Gasteiger charge is 2.26. The first-order valence-electron chi connectivity index (χ1n) is 4.78. The highest BCUT2D eigenvalue weighted by Crippen LogP contribution is 2.22. The Morgan fingerprint density at radius 2 is 2.38 bits per heavy atom. The molecule has 0 spiro atoms. The SMILES string of the molecule is CC(=O)C(C)CCC1CCOC1=O. The summed E-state index contributed by atoms with van der Waals surface area (Å²) in [5, 5.41) is 0. The minimum absolute atomic E-state index is 0.0433. The van der Waals surface area contributed by atoms with Crippen molar-refractivity contribution in [1.29, 1.82) is 0 Å². The standard InChI is InChI=1S/C10H16O3/c1-7(8(2)11)3-4-9-5-6-13-10(9)12/h7,9H,3-6H2,1-2H3. The molecule has 13 heavy (non-hydrogen) atoms. The van der Waals surface area contributed by atoms with E-state index >= 15 is 0 Å². The monoisotopic (exact) mass is 184 g/mol. The predicted molar refractivity (Wildman–Crippen MR) is 48.1 cm³/mol. The molecule has 2 atom stereocenters. The van der Waals surface area contributed by atoms with Crippen molar-refractivity contribution >= 4 is 11.8 Å². The zero-order chi connectivity index (χ0) is 9.84. The summed E-state index contributed by atoms with van der Waals surface area (Å²) in [6, 6.07) is 0. The van der Waals surface area contributed by atoms with Gasteiger partial charge in [-0.05, 0) is 26.2 Å². The van der Waals surface area contributed by atoms with Crippen molar-refractivity contribution in [2.45, 2.75) is 33.1 Å². The Labute approximate surface area is 78.5 Å². The van der Waals surface area contributed by atoms with Crippen molar-refractivity contribution in [3.63, 3.8) is 0 Å². The molecule has 1 fully saturated rings. The molecule has 0 radical (unpaired) electrons. The Hall–Kier alpha value is -0.860. The van der Waals surface area contributed by atoms with Crippen LogP contribution in [0, 0.1) is 11.8 Å². The molecule has 1 aliphatic rings. The van der Waals surface area contributed by atoms with Crippen molar-refractivity contribution in [3.8, 4) is 0 Å². The van der Waals surface area contributed by atoms with E-state index < -0.39 is 0 Å². The first-order chi connectivity index (χ1) is 6.11. The Balaban J connectivity index is 2.25. The molecular formula is C10H16O3. The second-order valence-electron chi connectivity index (χ2n) is 3.74. The molecule has 0 aliphatic carbocycles. The number of carbonyl (C=O) groups is 2. The van der Waals surface area contributed by atoms with E-state index in [4.69, 9.17) is 4.74 Å². The van der Waals surface area contributed by atoms with Crippen LogP contribution in [0.25, 0.3) is 0 Å². The molecule has 1 heterocycles. The summed E-state index contributed by atoms with van der Waals surface area (Å²) in [5.74, 6) is 0.234. The number of ether oxygens (including phenoxy) is 1. The molecule has 1 saturated heterocycles. The van der Waals surface area contributed by atoms with Gasteiger partial charge in [-0.2, -0.15) is 0 Å². The van der Waals surface area contributed by atoms with E-state index in [-0.39, 0.29) is 23.6 Å². The predicted octanol–water partition coefficient (Wildman–Crippen LogP) is 1.55. The zero-order valence-corrected chi connectivity index (χ0v) is 8.21. The van der Waals surface area contributed by atoms with E-state index in [1.165, 1.54) is 0 Å². The lowest BCUT2D eigenvalue weighted by Crippen LogP contribution is -2.12. The van der Waals surface area contributed by atoms with Crippen molar-refractivity contribution in [3.05, 3.63) is 0 Å². The first-order valence-corrected chi connectivity index (χ1v) is 4.78. The number of cyclic esters (lactones) is 1. The van der Waals surface area contributed by atoms with Crippen LogP contribution in [0.3, 0.4) is 0 Å². The summed E-state index contributed by atoms with van der Waals surface area (Å²) >= 11 is 0. The summed E-state index contributed by atoms with van der Waals surface area (Å²) in [6.07, 6.45) is 2.41. The third-order valence-corrected chi connectivity index (χ3v) is 2.69. The molecule has 74 valence electrons.